The third-order valence-corrected chi connectivity index (χ3v) is 7.52. The van der Waals surface area contributed by atoms with Crippen molar-refractivity contribution in [3.63, 3.8) is 0 Å². The van der Waals surface area contributed by atoms with Gasteiger partial charge in [0.1, 0.15) is 6.61 Å². The highest BCUT2D eigenvalue weighted by Crippen LogP contribution is 2.44. The van der Waals surface area contributed by atoms with Crippen LogP contribution >= 0.6 is 12.6 Å². The molecule has 6 nitrogen and oxygen atoms in total. The average molecular weight is 489 g/mol. The summed E-state index contributed by atoms with van der Waals surface area (Å²) in [6, 6.07) is 20.5. The normalized spacial score (nSPS) is 15.0. The van der Waals surface area contributed by atoms with E-state index >= 15 is 0 Å². The molecule has 0 unspecified atom stereocenters. The molecule has 0 atom stereocenters. The maximum absolute atomic E-state index is 12.9. The first-order chi connectivity index (χ1) is 16.9. The first-order valence-corrected chi connectivity index (χ1v) is 12.3. The van der Waals surface area contributed by atoms with Gasteiger partial charge in [-0.25, -0.2) is 4.79 Å². The smallest absolute Gasteiger partial charge is 0.409 e. The maximum atomic E-state index is 12.9. The Hall–Kier alpha value is -3.45. The fourth-order valence-electron chi connectivity index (χ4n) is 5.10. The number of carbonyl (C=O) groups excluding carboxylic acids is 1. The van der Waals surface area contributed by atoms with Crippen molar-refractivity contribution in [3.05, 3.63) is 82.9 Å². The zero-order valence-electron chi connectivity index (χ0n) is 19.6. The summed E-state index contributed by atoms with van der Waals surface area (Å²) in [6.07, 6.45) is -0.329. The third kappa shape index (κ3) is 4.60. The van der Waals surface area contributed by atoms with Crippen molar-refractivity contribution >= 4 is 30.4 Å². The molecule has 3 aromatic carbocycles. The molecule has 5 rings (SSSR count). The van der Waals surface area contributed by atoms with E-state index in [1.807, 2.05) is 43.3 Å². The van der Waals surface area contributed by atoms with E-state index in [-0.39, 0.29) is 18.4 Å². The van der Waals surface area contributed by atoms with Crippen molar-refractivity contribution in [1.82, 2.24) is 4.90 Å². The van der Waals surface area contributed by atoms with Crippen LogP contribution in [0.1, 0.15) is 28.2 Å². The van der Waals surface area contributed by atoms with Crippen molar-refractivity contribution < 1.29 is 19.4 Å². The van der Waals surface area contributed by atoms with Crippen LogP contribution in [-0.4, -0.2) is 54.9 Å². The highest BCUT2D eigenvalue weighted by Gasteiger charge is 2.30. The SMILES string of the molecule is Cc1c(S)cc(N2CCN(C(=O)OCC3c4ccccc4-c4ccccc43)CC2)cc1CC(=O)O. The van der Waals surface area contributed by atoms with Crippen LogP contribution in [0.25, 0.3) is 11.1 Å². The third-order valence-electron chi connectivity index (χ3n) is 7.05. The molecular weight excluding hydrogens is 460 g/mol. The molecule has 0 spiro atoms. The molecule has 3 aromatic rings. The fraction of sp³-hybridized carbons (Fsp3) is 0.286. The van der Waals surface area contributed by atoms with Gasteiger partial charge in [0.2, 0.25) is 0 Å². The number of carbonyl (C=O) groups is 2. The molecule has 1 saturated heterocycles. The van der Waals surface area contributed by atoms with Gasteiger partial charge in [0.15, 0.2) is 0 Å². The summed E-state index contributed by atoms with van der Waals surface area (Å²) < 4.78 is 5.81. The Labute approximate surface area is 210 Å². The van der Waals surface area contributed by atoms with Crippen LogP contribution in [0.2, 0.25) is 0 Å². The molecule has 1 N–H and O–H groups in total. The predicted molar refractivity (Wildman–Crippen MR) is 139 cm³/mol. The number of fused-ring (bicyclic) bond motifs is 3. The topological polar surface area (TPSA) is 70.1 Å². The number of rotatable bonds is 5. The number of hydrogen-bond acceptors (Lipinski definition) is 5. The number of amides is 1. The number of hydrogen-bond donors (Lipinski definition) is 2. The summed E-state index contributed by atoms with van der Waals surface area (Å²) in [5.74, 6) is -0.820. The predicted octanol–water partition coefficient (Wildman–Crippen LogP) is 4.98. The minimum absolute atomic E-state index is 0.0348. The molecule has 0 radical (unpaired) electrons. The number of carboxylic acid groups (broad SMARTS) is 1. The van der Waals surface area contributed by atoms with Gasteiger partial charge in [-0.2, -0.15) is 0 Å². The first kappa shape index (κ1) is 23.3. The fourth-order valence-corrected chi connectivity index (χ4v) is 5.38. The lowest BCUT2D eigenvalue weighted by atomic mass is 9.98. The number of ether oxygens (including phenoxy) is 1. The Bertz CT molecular complexity index is 1240. The van der Waals surface area contributed by atoms with E-state index in [0.29, 0.717) is 32.8 Å². The molecule has 1 amide bonds. The van der Waals surface area contributed by atoms with E-state index in [4.69, 9.17) is 4.74 Å². The minimum Gasteiger partial charge on any atom is -0.481 e. The van der Waals surface area contributed by atoms with E-state index in [2.05, 4.69) is 41.8 Å². The van der Waals surface area contributed by atoms with E-state index < -0.39 is 5.97 Å². The summed E-state index contributed by atoms with van der Waals surface area (Å²) in [6.45, 7) is 4.58. The standard InChI is InChI=1S/C28H28N2O4S/c1-18-19(15-27(31)32)14-20(16-26(18)35)29-10-12-30(13-11-29)28(33)34-17-25-23-8-4-2-6-21(23)22-7-3-5-9-24(22)25/h2-9,14,16,25,35H,10-13,15,17H2,1H3,(H,31,32). The highest BCUT2D eigenvalue weighted by atomic mass is 32.1. The number of benzene rings is 3. The van der Waals surface area contributed by atoms with E-state index in [1.54, 1.807) is 4.90 Å². The Morgan fingerprint density at radius 1 is 0.971 bits per heavy atom. The lowest BCUT2D eigenvalue weighted by molar-refractivity contribution is -0.136. The average Bonchev–Trinajstić information content (AvgIpc) is 3.19. The molecule has 1 fully saturated rings. The Balaban J connectivity index is 1.22. The molecular formula is C28H28N2O4S. The monoisotopic (exact) mass is 488 g/mol. The maximum Gasteiger partial charge on any atom is 0.409 e. The van der Waals surface area contributed by atoms with E-state index in [0.717, 1.165) is 21.7 Å². The largest absolute Gasteiger partial charge is 0.481 e. The lowest BCUT2D eigenvalue weighted by Crippen LogP contribution is -2.49. The van der Waals surface area contributed by atoms with Crippen LogP contribution < -0.4 is 4.90 Å². The molecule has 0 aromatic heterocycles. The number of piperazine rings is 1. The highest BCUT2D eigenvalue weighted by molar-refractivity contribution is 7.80. The van der Waals surface area contributed by atoms with Crippen LogP contribution in [0, 0.1) is 6.92 Å². The molecule has 0 saturated carbocycles. The van der Waals surface area contributed by atoms with E-state index in [1.165, 1.54) is 22.3 Å². The second kappa shape index (κ2) is 9.66. The number of anilines is 1. The number of carboxylic acids is 1. The first-order valence-electron chi connectivity index (χ1n) is 11.8. The number of nitrogens with zero attached hydrogens (tertiary/aromatic N) is 2. The van der Waals surface area contributed by atoms with Gasteiger partial charge < -0.3 is 19.6 Å². The van der Waals surface area contributed by atoms with Gasteiger partial charge >= 0.3 is 12.1 Å². The minimum atomic E-state index is -0.863. The Morgan fingerprint density at radius 2 is 1.57 bits per heavy atom. The van der Waals surface area contributed by atoms with Crippen LogP contribution in [0.15, 0.2) is 65.6 Å². The molecule has 2 aliphatic rings. The second-order valence-electron chi connectivity index (χ2n) is 9.10. The summed E-state index contributed by atoms with van der Waals surface area (Å²) >= 11 is 4.54. The molecule has 7 heteroatoms. The molecule has 180 valence electrons. The summed E-state index contributed by atoms with van der Waals surface area (Å²) in [7, 11) is 0. The zero-order chi connectivity index (χ0) is 24.5. The molecule has 1 aliphatic heterocycles. The quantitative estimate of drug-likeness (QED) is 0.496. The Morgan fingerprint density at radius 3 is 2.17 bits per heavy atom. The zero-order valence-corrected chi connectivity index (χ0v) is 20.5. The number of thiol groups is 1. The summed E-state index contributed by atoms with van der Waals surface area (Å²) in [4.78, 5) is 28.8. The van der Waals surface area contributed by atoms with Gasteiger partial charge in [0, 0.05) is 42.7 Å². The summed E-state index contributed by atoms with van der Waals surface area (Å²) in [5, 5.41) is 9.22. The van der Waals surface area contributed by atoms with Crippen molar-refractivity contribution in [3.8, 4) is 11.1 Å². The lowest BCUT2D eigenvalue weighted by Gasteiger charge is -2.36. The van der Waals surface area contributed by atoms with Gasteiger partial charge in [-0.15, -0.1) is 12.6 Å². The van der Waals surface area contributed by atoms with Crippen LogP contribution in [0.4, 0.5) is 10.5 Å². The van der Waals surface area contributed by atoms with Gasteiger partial charge in [-0.05, 0) is 52.4 Å². The van der Waals surface area contributed by atoms with Gasteiger partial charge in [-0.3, -0.25) is 4.79 Å². The molecule has 1 heterocycles. The molecule has 1 aliphatic carbocycles. The van der Waals surface area contributed by atoms with Crippen LogP contribution in [0.5, 0.6) is 0 Å². The Kier molecular flexibility index (Phi) is 6.43. The molecule has 35 heavy (non-hydrogen) atoms. The molecule has 0 bridgehead atoms. The van der Waals surface area contributed by atoms with Crippen molar-refractivity contribution in [1.29, 1.82) is 0 Å². The van der Waals surface area contributed by atoms with Crippen LogP contribution in [-0.2, 0) is 16.0 Å². The van der Waals surface area contributed by atoms with Gasteiger partial charge in [0.25, 0.3) is 0 Å². The number of aliphatic carboxylic acids is 1. The summed E-state index contributed by atoms with van der Waals surface area (Å²) in [5.41, 5.74) is 7.40. The second-order valence-corrected chi connectivity index (χ2v) is 9.58. The van der Waals surface area contributed by atoms with Gasteiger partial charge in [0.05, 0.1) is 6.42 Å². The van der Waals surface area contributed by atoms with E-state index in [9.17, 15) is 14.7 Å². The van der Waals surface area contributed by atoms with Crippen LogP contribution in [0.3, 0.4) is 0 Å². The van der Waals surface area contributed by atoms with Crippen molar-refractivity contribution in [2.24, 2.45) is 0 Å². The van der Waals surface area contributed by atoms with Crippen molar-refractivity contribution in [2.45, 2.75) is 24.2 Å². The van der Waals surface area contributed by atoms with Gasteiger partial charge in [-0.1, -0.05) is 48.5 Å². The van der Waals surface area contributed by atoms with Crippen molar-refractivity contribution in [2.75, 3.05) is 37.7 Å².